The lowest BCUT2D eigenvalue weighted by Gasteiger charge is -2.39. The molecule has 0 radical (unpaired) electrons. The third-order valence-corrected chi connectivity index (χ3v) is 4.27. The van der Waals surface area contributed by atoms with Gasteiger partial charge in [-0.05, 0) is 24.3 Å². The van der Waals surface area contributed by atoms with E-state index in [1.165, 1.54) is 4.88 Å². The van der Waals surface area contributed by atoms with Gasteiger partial charge in [-0.25, -0.2) is 0 Å². The van der Waals surface area contributed by atoms with E-state index in [2.05, 4.69) is 11.0 Å². The molecule has 3 atom stereocenters. The van der Waals surface area contributed by atoms with Gasteiger partial charge in [0.1, 0.15) is 0 Å². The molecule has 3 N–H and O–H groups in total. The van der Waals surface area contributed by atoms with Crippen molar-refractivity contribution < 1.29 is 15.3 Å². The molecule has 0 bridgehead atoms. The minimum absolute atomic E-state index is 0.0339. The molecule has 0 saturated carbocycles. The first-order valence-electron chi connectivity index (χ1n) is 5.94. The minimum atomic E-state index is -0.704. The Kier molecular flexibility index (Phi) is 4.53. The van der Waals surface area contributed by atoms with Crippen LogP contribution in [0, 0.1) is 0 Å². The van der Waals surface area contributed by atoms with E-state index >= 15 is 0 Å². The molecule has 1 unspecified atom stereocenters. The van der Waals surface area contributed by atoms with Crippen molar-refractivity contribution in [3.63, 3.8) is 0 Å². The molecule has 96 valence electrons. The molecule has 1 aliphatic rings. The molecule has 1 aromatic rings. The van der Waals surface area contributed by atoms with E-state index in [0.29, 0.717) is 13.0 Å². The summed E-state index contributed by atoms with van der Waals surface area (Å²) in [5.74, 6) is 0. The van der Waals surface area contributed by atoms with Crippen LogP contribution in [0.2, 0.25) is 0 Å². The lowest BCUT2D eigenvalue weighted by molar-refractivity contribution is -0.0703. The molecule has 0 aromatic carbocycles. The lowest BCUT2D eigenvalue weighted by Crippen LogP contribution is -2.54. The van der Waals surface area contributed by atoms with Crippen LogP contribution in [0.4, 0.5) is 0 Å². The molecule has 4 nitrogen and oxygen atoms in total. The van der Waals surface area contributed by atoms with Crippen LogP contribution in [0.3, 0.4) is 0 Å². The van der Waals surface area contributed by atoms with Gasteiger partial charge in [-0.1, -0.05) is 6.07 Å². The van der Waals surface area contributed by atoms with Crippen molar-refractivity contribution in [2.45, 2.75) is 31.1 Å². The van der Waals surface area contributed by atoms with Crippen LogP contribution in [0.1, 0.15) is 11.3 Å². The summed E-state index contributed by atoms with van der Waals surface area (Å²) in [4.78, 5) is 3.37. The Hall–Kier alpha value is -0.460. The molecule has 0 aliphatic carbocycles. The van der Waals surface area contributed by atoms with Crippen LogP contribution >= 0.6 is 11.3 Å². The second-order valence-corrected chi connectivity index (χ2v) is 5.56. The Labute approximate surface area is 105 Å². The van der Waals surface area contributed by atoms with Gasteiger partial charge in [0.15, 0.2) is 0 Å². The number of likely N-dealkylation sites (tertiary alicyclic amines) is 1. The molecule has 2 rings (SSSR count). The summed E-state index contributed by atoms with van der Waals surface area (Å²) in [5, 5.41) is 30.6. The SMILES string of the molecule is OC[C@H]1CC(O)[C@@H](O)CN1CCc1cccs1. The molecular weight excluding hydrogens is 238 g/mol. The molecule has 1 saturated heterocycles. The van der Waals surface area contributed by atoms with Crippen LogP contribution in [0.25, 0.3) is 0 Å². The molecule has 0 spiro atoms. The van der Waals surface area contributed by atoms with Crippen molar-refractivity contribution in [3.05, 3.63) is 22.4 Å². The van der Waals surface area contributed by atoms with Crippen molar-refractivity contribution in [2.24, 2.45) is 0 Å². The summed E-state index contributed by atoms with van der Waals surface area (Å²) in [7, 11) is 0. The fraction of sp³-hybridized carbons (Fsp3) is 0.667. The van der Waals surface area contributed by atoms with Gasteiger partial charge in [0.25, 0.3) is 0 Å². The Bertz CT molecular complexity index is 331. The second-order valence-electron chi connectivity index (χ2n) is 4.53. The maximum atomic E-state index is 9.65. The molecule has 1 fully saturated rings. The smallest absolute Gasteiger partial charge is 0.0926 e. The van der Waals surface area contributed by atoms with Gasteiger partial charge in [-0.15, -0.1) is 11.3 Å². The highest BCUT2D eigenvalue weighted by Crippen LogP contribution is 2.19. The fourth-order valence-electron chi connectivity index (χ4n) is 2.27. The number of hydrogen-bond acceptors (Lipinski definition) is 5. The van der Waals surface area contributed by atoms with Crippen LogP contribution in [0.15, 0.2) is 17.5 Å². The molecule has 0 amide bonds. The largest absolute Gasteiger partial charge is 0.395 e. The molecular formula is C12H19NO3S. The van der Waals surface area contributed by atoms with Crippen LogP contribution in [-0.2, 0) is 6.42 Å². The summed E-state index contributed by atoms with van der Waals surface area (Å²) in [6.07, 6.45) is -0.0229. The van der Waals surface area contributed by atoms with Gasteiger partial charge < -0.3 is 15.3 Å². The number of hydrogen-bond donors (Lipinski definition) is 3. The van der Waals surface area contributed by atoms with Gasteiger partial charge in [0.2, 0.25) is 0 Å². The first kappa shape index (κ1) is 13.0. The van der Waals surface area contributed by atoms with Crippen molar-refractivity contribution >= 4 is 11.3 Å². The van der Waals surface area contributed by atoms with E-state index in [-0.39, 0.29) is 12.6 Å². The predicted octanol–water partition coefficient (Wildman–Crippen LogP) is 0.0790. The summed E-state index contributed by atoms with van der Waals surface area (Å²) < 4.78 is 0. The van der Waals surface area contributed by atoms with Gasteiger partial charge in [-0.3, -0.25) is 4.90 Å². The van der Waals surface area contributed by atoms with E-state index < -0.39 is 12.2 Å². The Morgan fingerprint density at radius 1 is 1.35 bits per heavy atom. The van der Waals surface area contributed by atoms with E-state index in [1.807, 2.05) is 11.4 Å². The highest BCUT2D eigenvalue weighted by atomic mass is 32.1. The first-order valence-corrected chi connectivity index (χ1v) is 6.82. The van der Waals surface area contributed by atoms with E-state index in [4.69, 9.17) is 0 Å². The molecule has 1 aromatic heterocycles. The van der Waals surface area contributed by atoms with E-state index in [1.54, 1.807) is 11.3 Å². The zero-order valence-corrected chi connectivity index (χ0v) is 10.5. The summed E-state index contributed by atoms with van der Waals surface area (Å²) >= 11 is 1.72. The fourth-order valence-corrected chi connectivity index (χ4v) is 2.97. The third-order valence-electron chi connectivity index (χ3n) is 3.33. The average Bonchev–Trinajstić information content (AvgIpc) is 2.83. The molecule has 5 heteroatoms. The maximum absolute atomic E-state index is 9.65. The van der Waals surface area contributed by atoms with Crippen LogP contribution in [-0.4, -0.2) is 58.2 Å². The number of nitrogens with zero attached hydrogens (tertiary/aromatic N) is 1. The number of rotatable bonds is 4. The number of aliphatic hydroxyl groups excluding tert-OH is 3. The highest BCUT2D eigenvalue weighted by molar-refractivity contribution is 7.09. The molecule has 2 heterocycles. The minimum Gasteiger partial charge on any atom is -0.395 e. The Balaban J connectivity index is 1.89. The van der Waals surface area contributed by atoms with Gasteiger partial charge >= 0.3 is 0 Å². The normalized spacial score (nSPS) is 30.6. The van der Waals surface area contributed by atoms with Crippen LogP contribution < -0.4 is 0 Å². The molecule has 1 aliphatic heterocycles. The topological polar surface area (TPSA) is 63.9 Å². The Morgan fingerprint density at radius 2 is 2.18 bits per heavy atom. The van der Waals surface area contributed by atoms with Crippen molar-refractivity contribution in [1.82, 2.24) is 4.90 Å². The zero-order valence-electron chi connectivity index (χ0n) is 9.70. The van der Waals surface area contributed by atoms with Crippen LogP contribution in [0.5, 0.6) is 0 Å². The second kappa shape index (κ2) is 5.93. The van der Waals surface area contributed by atoms with Gasteiger partial charge in [0.05, 0.1) is 18.8 Å². The van der Waals surface area contributed by atoms with E-state index in [0.717, 1.165) is 13.0 Å². The standard InChI is InChI=1S/C12H19NO3S/c14-8-9-6-11(15)12(16)7-13(9)4-3-10-2-1-5-17-10/h1-2,5,9,11-12,14-16H,3-4,6-8H2/t9-,11?,12+/m1/s1. The van der Waals surface area contributed by atoms with E-state index in [9.17, 15) is 15.3 Å². The zero-order chi connectivity index (χ0) is 12.3. The molecule has 17 heavy (non-hydrogen) atoms. The first-order chi connectivity index (χ1) is 8.20. The van der Waals surface area contributed by atoms with Crippen molar-refractivity contribution in [3.8, 4) is 0 Å². The van der Waals surface area contributed by atoms with Crippen molar-refractivity contribution in [2.75, 3.05) is 19.7 Å². The number of aliphatic hydroxyl groups is 3. The highest BCUT2D eigenvalue weighted by Gasteiger charge is 2.32. The summed E-state index contributed by atoms with van der Waals surface area (Å²) in [6, 6.07) is 4.08. The van der Waals surface area contributed by atoms with Gasteiger partial charge in [0, 0.05) is 24.0 Å². The quantitative estimate of drug-likeness (QED) is 0.715. The van der Waals surface area contributed by atoms with Gasteiger partial charge in [-0.2, -0.15) is 0 Å². The summed E-state index contributed by atoms with van der Waals surface area (Å²) in [6.45, 7) is 1.29. The lowest BCUT2D eigenvalue weighted by atomic mass is 9.97. The number of thiophene rings is 1. The third kappa shape index (κ3) is 3.26. The predicted molar refractivity (Wildman–Crippen MR) is 67.1 cm³/mol. The number of β-amino-alcohol motifs (C(OH)–C–C–N with tert-alkyl or cyclic N) is 1. The Morgan fingerprint density at radius 3 is 2.82 bits per heavy atom. The number of piperidine rings is 1. The van der Waals surface area contributed by atoms with Crippen molar-refractivity contribution in [1.29, 1.82) is 0 Å². The maximum Gasteiger partial charge on any atom is 0.0926 e. The monoisotopic (exact) mass is 257 g/mol. The summed E-state index contributed by atoms with van der Waals surface area (Å²) in [5.41, 5.74) is 0. The average molecular weight is 257 g/mol.